The lowest BCUT2D eigenvalue weighted by atomic mass is 9.83. The van der Waals surface area contributed by atoms with Crippen LogP contribution in [0.2, 0.25) is 0 Å². The van der Waals surface area contributed by atoms with Crippen LogP contribution in [0, 0.1) is 5.92 Å². The van der Waals surface area contributed by atoms with Gasteiger partial charge < -0.3 is 9.78 Å². The molecule has 0 bridgehead atoms. The average molecular weight is 254 g/mol. The van der Waals surface area contributed by atoms with Gasteiger partial charge in [0.05, 0.1) is 6.04 Å². The highest BCUT2D eigenvalue weighted by molar-refractivity contribution is 5.85. The molecule has 19 heavy (non-hydrogen) atoms. The first kappa shape index (κ1) is 11.2. The van der Waals surface area contributed by atoms with Crippen LogP contribution in [0.15, 0.2) is 24.3 Å². The number of hydrogen-bond donors (Lipinski definition) is 1. The van der Waals surface area contributed by atoms with Crippen LogP contribution in [0.3, 0.4) is 0 Å². The summed E-state index contributed by atoms with van der Waals surface area (Å²) in [6, 6.07) is 8.78. The van der Waals surface area contributed by atoms with Crippen LogP contribution in [0.1, 0.15) is 30.1 Å². The minimum absolute atomic E-state index is 0.154. The van der Waals surface area contributed by atoms with Crippen molar-refractivity contribution in [1.29, 1.82) is 0 Å². The summed E-state index contributed by atoms with van der Waals surface area (Å²) in [5.74, 6) is 0.154. The number of nitrogens with one attached hydrogen (secondary N) is 1. The van der Waals surface area contributed by atoms with E-state index in [2.05, 4.69) is 34.1 Å². The van der Waals surface area contributed by atoms with Crippen molar-refractivity contribution < 1.29 is 4.79 Å². The predicted octanol–water partition coefficient (Wildman–Crippen LogP) is 2.68. The zero-order chi connectivity index (χ0) is 12.8. The van der Waals surface area contributed by atoms with E-state index in [-0.39, 0.29) is 12.0 Å². The molecule has 1 aromatic carbocycles. The Kier molecular flexibility index (Phi) is 2.49. The first-order valence-electron chi connectivity index (χ1n) is 7.17. The van der Waals surface area contributed by atoms with Gasteiger partial charge in [0.25, 0.3) is 0 Å². The Labute approximate surface area is 112 Å². The topological polar surface area (TPSA) is 36.1 Å². The second kappa shape index (κ2) is 4.20. The third-order valence-corrected chi connectivity index (χ3v) is 4.75. The van der Waals surface area contributed by atoms with Crippen molar-refractivity contribution in [3.05, 3.63) is 35.5 Å². The minimum atomic E-state index is 0.154. The fourth-order valence-corrected chi connectivity index (χ4v) is 3.89. The minimum Gasteiger partial charge on any atom is -0.357 e. The van der Waals surface area contributed by atoms with Crippen LogP contribution in [-0.2, 0) is 11.2 Å². The van der Waals surface area contributed by atoms with Gasteiger partial charge in [-0.25, -0.2) is 0 Å². The van der Waals surface area contributed by atoms with Crippen LogP contribution in [0.5, 0.6) is 0 Å². The van der Waals surface area contributed by atoms with Crippen LogP contribution in [0.4, 0.5) is 0 Å². The molecule has 0 saturated carbocycles. The van der Waals surface area contributed by atoms with E-state index < -0.39 is 0 Å². The zero-order valence-electron chi connectivity index (χ0n) is 10.9. The maximum absolute atomic E-state index is 11.4. The van der Waals surface area contributed by atoms with E-state index in [0.29, 0.717) is 0 Å². The Hall–Kier alpha value is -1.61. The van der Waals surface area contributed by atoms with Crippen LogP contribution in [0.25, 0.3) is 10.9 Å². The van der Waals surface area contributed by atoms with Crippen molar-refractivity contribution in [2.24, 2.45) is 5.92 Å². The highest BCUT2D eigenvalue weighted by atomic mass is 16.1. The molecule has 2 aliphatic heterocycles. The van der Waals surface area contributed by atoms with Gasteiger partial charge in [0.2, 0.25) is 0 Å². The number of aromatic amines is 1. The molecule has 2 atom stereocenters. The van der Waals surface area contributed by atoms with Gasteiger partial charge in [-0.1, -0.05) is 18.2 Å². The third-order valence-electron chi connectivity index (χ3n) is 4.75. The average Bonchev–Trinajstić information content (AvgIpc) is 2.85. The van der Waals surface area contributed by atoms with E-state index in [1.54, 1.807) is 0 Å². The van der Waals surface area contributed by atoms with E-state index in [1.165, 1.54) is 22.2 Å². The second-order valence-electron chi connectivity index (χ2n) is 5.74. The molecule has 1 aromatic heterocycles. The van der Waals surface area contributed by atoms with Gasteiger partial charge in [0, 0.05) is 29.1 Å². The fraction of sp³-hybridized carbons (Fsp3) is 0.438. The maximum atomic E-state index is 11.4. The third kappa shape index (κ3) is 1.58. The van der Waals surface area contributed by atoms with Gasteiger partial charge in [-0.2, -0.15) is 0 Å². The molecule has 3 nitrogen and oxygen atoms in total. The van der Waals surface area contributed by atoms with Crippen LogP contribution in [-0.4, -0.2) is 29.3 Å². The normalized spacial score (nSPS) is 26.9. The summed E-state index contributed by atoms with van der Waals surface area (Å²) in [5, 5.41) is 1.34. The SMILES string of the molecule is O=C[C@@H]1CCCN2CCc3c([nH]c4ccccc34)[C@H]12. The molecule has 0 unspecified atom stereocenters. The van der Waals surface area contributed by atoms with E-state index in [0.717, 1.165) is 38.6 Å². The van der Waals surface area contributed by atoms with Gasteiger partial charge >= 0.3 is 0 Å². The van der Waals surface area contributed by atoms with Gasteiger partial charge in [0.15, 0.2) is 0 Å². The largest absolute Gasteiger partial charge is 0.357 e. The fourth-order valence-electron chi connectivity index (χ4n) is 3.89. The number of aromatic nitrogens is 1. The summed E-state index contributed by atoms with van der Waals surface area (Å²) in [6.07, 6.45) is 4.44. The Morgan fingerprint density at radius 2 is 2.16 bits per heavy atom. The molecule has 0 amide bonds. The summed E-state index contributed by atoms with van der Waals surface area (Å²) in [6.45, 7) is 2.22. The number of piperidine rings is 1. The molecule has 0 radical (unpaired) electrons. The summed E-state index contributed by atoms with van der Waals surface area (Å²) < 4.78 is 0. The number of carbonyl (C=O) groups is 1. The Bertz CT molecular complexity index is 631. The number of rotatable bonds is 1. The first-order valence-corrected chi connectivity index (χ1v) is 7.17. The quantitative estimate of drug-likeness (QED) is 0.794. The molecule has 0 aliphatic carbocycles. The lowest BCUT2D eigenvalue weighted by Crippen LogP contribution is -2.43. The van der Waals surface area contributed by atoms with Gasteiger partial charge in [-0.05, 0) is 37.4 Å². The monoisotopic (exact) mass is 254 g/mol. The van der Waals surface area contributed by atoms with Crippen molar-refractivity contribution in [2.75, 3.05) is 13.1 Å². The number of fused-ring (bicyclic) bond motifs is 5. The lowest BCUT2D eigenvalue weighted by Gasteiger charge is -2.42. The molecule has 98 valence electrons. The summed E-state index contributed by atoms with van der Waals surface area (Å²) in [7, 11) is 0. The molecule has 1 saturated heterocycles. The number of para-hydroxylation sites is 1. The second-order valence-corrected chi connectivity index (χ2v) is 5.74. The number of carbonyl (C=O) groups excluding carboxylic acids is 1. The standard InChI is InChI=1S/C16H18N2O/c19-10-11-4-3-8-18-9-7-13-12-5-1-2-6-14(12)17-15(13)16(11)18/h1-2,5-6,10-11,16-17H,3-4,7-9H2/t11-,16-/m0/s1. The summed E-state index contributed by atoms with van der Waals surface area (Å²) >= 11 is 0. The molecule has 2 aromatic rings. The van der Waals surface area contributed by atoms with E-state index >= 15 is 0 Å². The highest BCUT2D eigenvalue weighted by Crippen LogP contribution is 2.41. The van der Waals surface area contributed by atoms with E-state index in [9.17, 15) is 4.79 Å². The van der Waals surface area contributed by atoms with Gasteiger partial charge in [-0.15, -0.1) is 0 Å². The predicted molar refractivity (Wildman–Crippen MR) is 75.1 cm³/mol. The van der Waals surface area contributed by atoms with Crippen LogP contribution < -0.4 is 0 Å². The van der Waals surface area contributed by atoms with Gasteiger partial charge in [0.1, 0.15) is 6.29 Å². The first-order chi connectivity index (χ1) is 9.38. The number of hydrogen-bond acceptors (Lipinski definition) is 2. The van der Waals surface area contributed by atoms with E-state index in [1.807, 2.05) is 0 Å². The van der Waals surface area contributed by atoms with Crippen molar-refractivity contribution in [3.63, 3.8) is 0 Å². The molecule has 3 heterocycles. The molecule has 1 N–H and O–H groups in total. The highest BCUT2D eigenvalue weighted by Gasteiger charge is 2.37. The Balaban J connectivity index is 1.90. The summed E-state index contributed by atoms with van der Waals surface area (Å²) in [4.78, 5) is 17.5. The van der Waals surface area contributed by atoms with Crippen LogP contribution >= 0.6 is 0 Å². The van der Waals surface area contributed by atoms with Crippen molar-refractivity contribution in [2.45, 2.75) is 25.3 Å². The number of aldehydes is 1. The molecule has 0 spiro atoms. The molecular formula is C16H18N2O. The molecule has 4 rings (SSSR count). The van der Waals surface area contributed by atoms with E-state index in [4.69, 9.17) is 0 Å². The number of H-pyrrole nitrogens is 1. The lowest BCUT2D eigenvalue weighted by molar-refractivity contribution is -0.115. The van der Waals surface area contributed by atoms with Crippen molar-refractivity contribution >= 4 is 17.2 Å². The molecule has 1 fully saturated rings. The number of benzene rings is 1. The van der Waals surface area contributed by atoms with Crippen molar-refractivity contribution in [1.82, 2.24) is 9.88 Å². The summed E-state index contributed by atoms with van der Waals surface area (Å²) in [5.41, 5.74) is 3.94. The Morgan fingerprint density at radius 1 is 1.26 bits per heavy atom. The van der Waals surface area contributed by atoms with Crippen molar-refractivity contribution in [3.8, 4) is 0 Å². The maximum Gasteiger partial charge on any atom is 0.125 e. The molecule has 3 heteroatoms. The zero-order valence-corrected chi connectivity index (χ0v) is 10.9. The smallest absolute Gasteiger partial charge is 0.125 e. The number of nitrogens with zero attached hydrogens (tertiary/aromatic N) is 1. The van der Waals surface area contributed by atoms with Gasteiger partial charge in [-0.3, -0.25) is 4.90 Å². The molecule has 2 aliphatic rings. The Morgan fingerprint density at radius 3 is 3.05 bits per heavy atom. The molecular weight excluding hydrogens is 236 g/mol.